The van der Waals surface area contributed by atoms with Crippen LogP contribution in [0.1, 0.15) is 54.0 Å². The third-order valence-corrected chi connectivity index (χ3v) is 15.7. The predicted molar refractivity (Wildman–Crippen MR) is 123 cm³/mol. The van der Waals surface area contributed by atoms with E-state index in [1.165, 1.54) is 0 Å². The number of rotatable bonds is 6. The number of nitrogens with zero attached hydrogens (tertiary/aromatic N) is 2. The van der Waals surface area contributed by atoms with Crippen LogP contribution < -0.4 is 0 Å². The van der Waals surface area contributed by atoms with Crippen molar-refractivity contribution >= 4 is 18.1 Å². The summed E-state index contributed by atoms with van der Waals surface area (Å²) >= 11 is 0. The average molecular weight is 433 g/mol. The number of nitriles is 1. The Bertz CT molecular complexity index is 887. The molecule has 0 radical (unpaired) electrons. The minimum Gasteiger partial charge on any atom is -0.207 e. The second-order valence-corrected chi connectivity index (χ2v) is 17.2. The van der Waals surface area contributed by atoms with E-state index in [-0.39, 0.29) is 5.92 Å². The largest absolute Gasteiger partial charge is 0.243 e. The van der Waals surface area contributed by atoms with Crippen molar-refractivity contribution in [2.75, 3.05) is 13.1 Å². The van der Waals surface area contributed by atoms with E-state index < -0.39 is 18.1 Å². The molecule has 1 aromatic carbocycles. The molecule has 0 aliphatic carbocycles. The Balaban J connectivity index is 2.58. The summed E-state index contributed by atoms with van der Waals surface area (Å²) in [4.78, 5) is 0.329. The Hall–Kier alpha value is -1.42. The fourth-order valence-corrected chi connectivity index (χ4v) is 13.8. The lowest BCUT2D eigenvalue weighted by Gasteiger charge is -2.43. The van der Waals surface area contributed by atoms with Crippen molar-refractivity contribution in [2.24, 2.45) is 5.92 Å². The van der Waals surface area contributed by atoms with E-state index >= 15 is 0 Å². The van der Waals surface area contributed by atoms with Crippen LogP contribution in [0.4, 0.5) is 0 Å². The van der Waals surface area contributed by atoms with Gasteiger partial charge >= 0.3 is 0 Å². The SMILES string of the molecule is Cc1ccc(S(=O)(=O)N2C/C(=C(/C#N)[Si](C(C)C)(C(C)C)C(C)C)C(C)C2)cc1. The van der Waals surface area contributed by atoms with Crippen LogP contribution in [0.2, 0.25) is 16.6 Å². The molecule has 1 saturated heterocycles. The quantitative estimate of drug-likeness (QED) is 0.429. The molecule has 1 unspecified atom stereocenters. The van der Waals surface area contributed by atoms with Crippen LogP contribution in [0, 0.1) is 24.2 Å². The van der Waals surface area contributed by atoms with E-state index in [4.69, 9.17) is 0 Å². The molecule has 1 heterocycles. The van der Waals surface area contributed by atoms with Gasteiger partial charge in [0.2, 0.25) is 10.0 Å². The Morgan fingerprint density at radius 2 is 1.55 bits per heavy atom. The van der Waals surface area contributed by atoms with Crippen LogP contribution in [-0.4, -0.2) is 33.9 Å². The average Bonchev–Trinajstić information content (AvgIpc) is 3.01. The Kier molecular flexibility index (Phi) is 7.20. The van der Waals surface area contributed by atoms with Crippen molar-refractivity contribution in [1.82, 2.24) is 4.31 Å². The van der Waals surface area contributed by atoms with Gasteiger partial charge in [0.15, 0.2) is 0 Å². The lowest BCUT2D eigenvalue weighted by molar-refractivity contribution is 0.464. The van der Waals surface area contributed by atoms with Gasteiger partial charge in [0.1, 0.15) is 8.07 Å². The van der Waals surface area contributed by atoms with Gasteiger partial charge in [0, 0.05) is 18.3 Å². The van der Waals surface area contributed by atoms with Gasteiger partial charge < -0.3 is 0 Å². The van der Waals surface area contributed by atoms with Crippen molar-refractivity contribution in [3.63, 3.8) is 0 Å². The smallest absolute Gasteiger partial charge is 0.207 e. The topological polar surface area (TPSA) is 61.2 Å². The molecule has 1 fully saturated rings. The van der Waals surface area contributed by atoms with E-state index in [0.717, 1.165) is 16.3 Å². The highest BCUT2D eigenvalue weighted by Crippen LogP contribution is 2.48. The van der Waals surface area contributed by atoms with Crippen molar-refractivity contribution in [1.29, 1.82) is 5.26 Å². The first-order valence-electron chi connectivity index (χ1n) is 10.6. The number of sulfonamides is 1. The number of hydrogen-bond acceptors (Lipinski definition) is 3. The lowest BCUT2D eigenvalue weighted by Crippen LogP contribution is -2.47. The molecular weight excluding hydrogens is 396 g/mol. The zero-order chi connectivity index (χ0) is 22.1. The second-order valence-electron chi connectivity index (χ2n) is 9.42. The van der Waals surface area contributed by atoms with E-state index in [1.807, 2.05) is 19.1 Å². The van der Waals surface area contributed by atoms with Gasteiger partial charge in [0.05, 0.1) is 11.0 Å². The van der Waals surface area contributed by atoms with Crippen LogP contribution in [0.15, 0.2) is 39.9 Å². The van der Waals surface area contributed by atoms with Gasteiger partial charge in [-0.2, -0.15) is 9.57 Å². The maximum Gasteiger partial charge on any atom is 0.243 e. The standard InChI is InChI=1S/C23H36N2O2SSi/c1-16(2)29(17(3)4,18(5)6)23(13-24)22-15-25(14-20(22)8)28(26,27)21-11-9-19(7)10-12-21/h9-12,16-18,20H,14-15H2,1-8H3/b23-22+. The van der Waals surface area contributed by atoms with Crippen molar-refractivity contribution in [3.05, 3.63) is 40.6 Å². The normalized spacial score (nSPS) is 20.6. The summed E-state index contributed by atoms with van der Waals surface area (Å²) in [6.07, 6.45) is 0. The molecule has 0 aromatic heterocycles. The van der Waals surface area contributed by atoms with Crippen molar-refractivity contribution in [2.45, 2.75) is 76.9 Å². The van der Waals surface area contributed by atoms with Gasteiger partial charge in [-0.3, -0.25) is 0 Å². The highest BCUT2D eigenvalue weighted by Gasteiger charge is 2.49. The third kappa shape index (κ3) is 4.10. The summed E-state index contributed by atoms with van der Waals surface area (Å²) in [6, 6.07) is 9.62. The fourth-order valence-electron chi connectivity index (χ4n) is 5.51. The zero-order valence-electron chi connectivity index (χ0n) is 19.2. The van der Waals surface area contributed by atoms with Crippen molar-refractivity contribution in [3.8, 4) is 6.07 Å². The summed E-state index contributed by atoms with van der Waals surface area (Å²) in [5.41, 5.74) is 3.33. The van der Waals surface area contributed by atoms with E-state index in [2.05, 4.69) is 54.5 Å². The molecule has 29 heavy (non-hydrogen) atoms. The molecule has 1 aliphatic heterocycles. The molecule has 1 atom stereocenters. The molecule has 0 spiro atoms. The summed E-state index contributed by atoms with van der Waals surface area (Å²) in [7, 11) is -5.71. The van der Waals surface area contributed by atoms with Crippen LogP contribution in [0.5, 0.6) is 0 Å². The minimum atomic E-state index is -3.56. The molecule has 6 heteroatoms. The number of aryl methyl sites for hydroxylation is 1. The first kappa shape index (κ1) is 23.9. The van der Waals surface area contributed by atoms with E-state index in [0.29, 0.717) is 34.6 Å². The fraction of sp³-hybridized carbons (Fsp3) is 0.609. The summed E-state index contributed by atoms with van der Waals surface area (Å²) in [6.45, 7) is 18.2. The maximum absolute atomic E-state index is 13.2. The molecule has 160 valence electrons. The minimum absolute atomic E-state index is 0.0630. The Morgan fingerprint density at radius 3 is 1.97 bits per heavy atom. The van der Waals surface area contributed by atoms with Crippen LogP contribution in [0.3, 0.4) is 0 Å². The third-order valence-electron chi connectivity index (χ3n) is 6.81. The van der Waals surface area contributed by atoms with Crippen molar-refractivity contribution < 1.29 is 8.42 Å². The highest BCUT2D eigenvalue weighted by molar-refractivity contribution is 7.89. The van der Waals surface area contributed by atoms with Crippen LogP contribution >= 0.6 is 0 Å². The number of hydrogen-bond donors (Lipinski definition) is 0. The molecule has 0 bridgehead atoms. The van der Waals surface area contributed by atoms with Gasteiger partial charge in [0.25, 0.3) is 0 Å². The molecule has 4 nitrogen and oxygen atoms in total. The molecular formula is C23H36N2O2SSi. The predicted octanol–water partition coefficient (Wildman–Crippen LogP) is 5.67. The molecule has 1 aliphatic rings. The first-order valence-corrected chi connectivity index (χ1v) is 14.3. The molecule has 0 amide bonds. The monoisotopic (exact) mass is 432 g/mol. The van der Waals surface area contributed by atoms with Gasteiger partial charge in [-0.25, -0.2) is 8.42 Å². The molecule has 0 N–H and O–H groups in total. The van der Waals surface area contributed by atoms with Gasteiger partial charge in [-0.05, 0) is 47.2 Å². The number of benzene rings is 1. The molecule has 2 rings (SSSR count). The molecule has 1 aromatic rings. The lowest BCUT2D eigenvalue weighted by atomic mass is 10.1. The van der Waals surface area contributed by atoms with E-state index in [9.17, 15) is 13.7 Å². The Morgan fingerprint density at radius 1 is 1.07 bits per heavy atom. The van der Waals surface area contributed by atoms with Gasteiger partial charge in [-0.1, -0.05) is 66.2 Å². The van der Waals surface area contributed by atoms with E-state index in [1.54, 1.807) is 16.4 Å². The summed E-state index contributed by atoms with van der Waals surface area (Å²) in [5, 5.41) is 11.2. The molecule has 0 saturated carbocycles. The maximum atomic E-state index is 13.2. The number of allylic oxidation sites excluding steroid dienone is 1. The Labute approximate surface area is 178 Å². The van der Waals surface area contributed by atoms with Crippen LogP contribution in [-0.2, 0) is 10.0 Å². The first-order chi connectivity index (χ1) is 13.4. The second kappa shape index (κ2) is 8.75. The summed E-state index contributed by atoms with van der Waals surface area (Å²) < 4.78 is 28.0. The highest BCUT2D eigenvalue weighted by atomic mass is 32.2. The summed E-state index contributed by atoms with van der Waals surface area (Å²) in [5.74, 6) is 0.0630. The van der Waals surface area contributed by atoms with Gasteiger partial charge in [-0.15, -0.1) is 0 Å². The van der Waals surface area contributed by atoms with Crippen LogP contribution in [0.25, 0.3) is 0 Å². The zero-order valence-corrected chi connectivity index (χ0v) is 21.0.